The Kier molecular flexibility index (Phi) is 6.86. The molecule has 162 valence electrons. The van der Waals surface area contributed by atoms with E-state index in [-0.39, 0.29) is 23.6 Å². The molecule has 9 heteroatoms. The molecule has 0 bridgehead atoms. The third-order valence-corrected chi connectivity index (χ3v) is 3.82. The summed E-state index contributed by atoms with van der Waals surface area (Å²) < 4.78 is 16.6. The molecule has 0 atom stereocenters. The lowest BCUT2D eigenvalue weighted by atomic mass is 10.1. The second-order valence-corrected chi connectivity index (χ2v) is 7.67. The Labute approximate surface area is 175 Å². The van der Waals surface area contributed by atoms with E-state index in [0.717, 1.165) is 4.57 Å². The number of rotatable bonds is 5. The van der Waals surface area contributed by atoms with Crippen molar-refractivity contribution in [3.8, 4) is 0 Å². The first-order valence-corrected chi connectivity index (χ1v) is 9.38. The summed E-state index contributed by atoms with van der Waals surface area (Å²) in [6, 6.07) is 4.57. The molecule has 0 saturated heterocycles. The second kappa shape index (κ2) is 8.98. The van der Waals surface area contributed by atoms with E-state index in [9.17, 15) is 14.4 Å². The van der Waals surface area contributed by atoms with Gasteiger partial charge in [-0.15, -0.1) is 0 Å². The maximum absolute atomic E-state index is 13.0. The molecule has 2 aromatic rings. The molecule has 2 rings (SSSR count). The Morgan fingerprint density at radius 3 is 2.37 bits per heavy atom. The molecule has 1 heterocycles. The van der Waals surface area contributed by atoms with Crippen molar-refractivity contribution >= 4 is 41.0 Å². The Morgan fingerprint density at radius 2 is 1.83 bits per heavy atom. The van der Waals surface area contributed by atoms with Crippen LogP contribution in [0.1, 0.15) is 48.5 Å². The molecular weight excluding hydrogens is 390 g/mol. The van der Waals surface area contributed by atoms with Crippen LogP contribution in [0.3, 0.4) is 0 Å². The van der Waals surface area contributed by atoms with Crippen LogP contribution in [0.4, 0.5) is 10.5 Å². The summed E-state index contributed by atoms with van der Waals surface area (Å²) >= 11 is 0. The number of esters is 2. The number of carbonyl (C=O) groups excluding carboxylic acids is 3. The third kappa shape index (κ3) is 4.97. The van der Waals surface area contributed by atoms with Gasteiger partial charge in [0.25, 0.3) is 0 Å². The molecule has 0 saturated carbocycles. The minimum absolute atomic E-state index is 0.0822. The lowest BCUT2D eigenvalue weighted by Crippen LogP contribution is -2.29. The number of fused-ring (bicyclic) bond motifs is 1. The molecule has 0 N–H and O–H groups in total. The Hall–Kier alpha value is -3.36. The highest BCUT2D eigenvalue weighted by molar-refractivity contribution is 6.11. The molecule has 0 fully saturated rings. The molecule has 1 aromatic carbocycles. The molecule has 0 aliphatic rings. The van der Waals surface area contributed by atoms with Crippen molar-refractivity contribution in [3.05, 3.63) is 29.5 Å². The minimum Gasteiger partial charge on any atom is -0.465 e. The normalized spacial score (nSPS) is 11.6. The predicted molar refractivity (Wildman–Crippen MR) is 113 cm³/mol. The zero-order chi connectivity index (χ0) is 22.6. The molecule has 0 amide bonds. The van der Waals surface area contributed by atoms with Crippen LogP contribution in [0.15, 0.2) is 23.2 Å². The van der Waals surface area contributed by atoms with Crippen molar-refractivity contribution in [1.82, 2.24) is 9.47 Å². The van der Waals surface area contributed by atoms with Crippen LogP contribution < -0.4 is 0 Å². The number of ether oxygens (including phenoxy) is 3. The number of hydrogen-bond acceptors (Lipinski definition) is 7. The summed E-state index contributed by atoms with van der Waals surface area (Å²) in [5.74, 6) is -1.28. The number of methoxy groups -OCH3 is 1. The summed E-state index contributed by atoms with van der Waals surface area (Å²) in [7, 11) is 4.80. The third-order valence-electron chi connectivity index (χ3n) is 3.82. The SMILES string of the molecule is CCOC(=O)c1c(N=CN(C)C)c2cc(C(=O)OC)ccc2n1C(=O)OC(C)(C)C. The molecule has 0 aliphatic carbocycles. The Bertz CT molecular complexity index is 998. The molecule has 0 spiro atoms. The summed E-state index contributed by atoms with van der Waals surface area (Å²) in [5, 5.41) is 0.407. The van der Waals surface area contributed by atoms with Crippen LogP contribution in [-0.2, 0) is 14.2 Å². The smallest absolute Gasteiger partial charge is 0.419 e. The quantitative estimate of drug-likeness (QED) is 0.317. The average molecular weight is 417 g/mol. The molecular formula is C21H27N3O6. The van der Waals surface area contributed by atoms with Gasteiger partial charge in [0.05, 0.1) is 31.1 Å². The first-order valence-electron chi connectivity index (χ1n) is 9.38. The van der Waals surface area contributed by atoms with Crippen LogP contribution in [0.2, 0.25) is 0 Å². The van der Waals surface area contributed by atoms with Gasteiger partial charge in [-0.25, -0.2) is 23.9 Å². The van der Waals surface area contributed by atoms with E-state index in [1.54, 1.807) is 52.8 Å². The molecule has 1 aromatic heterocycles. The van der Waals surface area contributed by atoms with Gasteiger partial charge in [0.2, 0.25) is 0 Å². The first kappa shape index (κ1) is 22.9. The van der Waals surface area contributed by atoms with E-state index in [0.29, 0.717) is 10.9 Å². The van der Waals surface area contributed by atoms with Gasteiger partial charge in [0.1, 0.15) is 11.3 Å². The molecule has 30 heavy (non-hydrogen) atoms. The van der Waals surface area contributed by atoms with E-state index in [2.05, 4.69) is 4.99 Å². The Morgan fingerprint density at radius 1 is 1.17 bits per heavy atom. The minimum atomic E-state index is -0.793. The highest BCUT2D eigenvalue weighted by atomic mass is 16.6. The molecule has 0 unspecified atom stereocenters. The monoisotopic (exact) mass is 417 g/mol. The summed E-state index contributed by atoms with van der Waals surface area (Å²) in [6.45, 7) is 6.94. The first-order chi connectivity index (χ1) is 14.0. The molecule has 0 aliphatic heterocycles. The van der Waals surface area contributed by atoms with Gasteiger partial charge >= 0.3 is 18.0 Å². The number of hydrogen-bond donors (Lipinski definition) is 0. The summed E-state index contributed by atoms with van der Waals surface area (Å²) in [6.07, 6.45) is 0.731. The van der Waals surface area contributed by atoms with E-state index < -0.39 is 23.6 Å². The number of aromatic nitrogens is 1. The number of benzene rings is 1. The van der Waals surface area contributed by atoms with Gasteiger partial charge in [-0.1, -0.05) is 0 Å². The van der Waals surface area contributed by atoms with Crippen molar-refractivity contribution in [2.75, 3.05) is 27.8 Å². The van der Waals surface area contributed by atoms with Crippen molar-refractivity contribution < 1.29 is 28.6 Å². The number of nitrogens with zero attached hydrogens (tertiary/aromatic N) is 3. The largest absolute Gasteiger partial charge is 0.465 e. The zero-order valence-electron chi connectivity index (χ0n) is 18.3. The highest BCUT2D eigenvalue weighted by Crippen LogP contribution is 2.35. The lowest BCUT2D eigenvalue weighted by Gasteiger charge is -2.20. The van der Waals surface area contributed by atoms with Crippen LogP contribution in [0.5, 0.6) is 0 Å². The second-order valence-electron chi connectivity index (χ2n) is 7.67. The maximum Gasteiger partial charge on any atom is 0.419 e. The number of aliphatic imine (C=N–C) groups is 1. The van der Waals surface area contributed by atoms with Crippen molar-refractivity contribution in [2.24, 2.45) is 4.99 Å². The predicted octanol–water partition coefficient (Wildman–Crippen LogP) is 3.61. The van der Waals surface area contributed by atoms with E-state index in [1.807, 2.05) is 0 Å². The topological polar surface area (TPSA) is 99.4 Å². The van der Waals surface area contributed by atoms with Crippen LogP contribution in [0, 0.1) is 0 Å². The van der Waals surface area contributed by atoms with Gasteiger partial charge in [-0.3, -0.25) is 0 Å². The summed E-state index contributed by atoms with van der Waals surface area (Å²) in [5.41, 5.74) is -0.0811. The maximum atomic E-state index is 13.0. The van der Waals surface area contributed by atoms with E-state index in [4.69, 9.17) is 14.2 Å². The Balaban J connectivity index is 2.89. The van der Waals surface area contributed by atoms with E-state index in [1.165, 1.54) is 25.6 Å². The van der Waals surface area contributed by atoms with Crippen LogP contribution in [-0.4, -0.2) is 67.3 Å². The van der Waals surface area contributed by atoms with Gasteiger partial charge in [-0.2, -0.15) is 0 Å². The van der Waals surface area contributed by atoms with Crippen molar-refractivity contribution in [1.29, 1.82) is 0 Å². The van der Waals surface area contributed by atoms with E-state index >= 15 is 0 Å². The number of carbonyl (C=O) groups is 3. The van der Waals surface area contributed by atoms with Crippen LogP contribution in [0.25, 0.3) is 10.9 Å². The standard InChI is InChI=1S/C21H27N3O6/c1-8-29-19(26)17-16(22-12-23(5)6)14-11-13(18(25)28-7)9-10-15(14)24(17)20(27)30-21(2,3)4/h9-12H,8H2,1-7H3. The lowest BCUT2D eigenvalue weighted by molar-refractivity contribution is 0.0455. The van der Waals surface area contributed by atoms with Gasteiger partial charge in [0, 0.05) is 19.5 Å². The summed E-state index contributed by atoms with van der Waals surface area (Å²) in [4.78, 5) is 43.9. The van der Waals surface area contributed by atoms with Gasteiger partial charge < -0.3 is 19.1 Å². The fourth-order valence-electron chi connectivity index (χ4n) is 2.71. The zero-order valence-corrected chi connectivity index (χ0v) is 18.3. The molecule has 9 nitrogen and oxygen atoms in total. The average Bonchev–Trinajstić information content (AvgIpc) is 2.98. The van der Waals surface area contributed by atoms with Gasteiger partial charge in [-0.05, 0) is 45.9 Å². The van der Waals surface area contributed by atoms with Crippen LogP contribution >= 0.6 is 0 Å². The van der Waals surface area contributed by atoms with Gasteiger partial charge in [0.15, 0.2) is 5.69 Å². The molecule has 0 radical (unpaired) electrons. The fraction of sp³-hybridized carbons (Fsp3) is 0.429. The fourth-order valence-corrected chi connectivity index (χ4v) is 2.71. The van der Waals surface area contributed by atoms with Crippen molar-refractivity contribution in [2.45, 2.75) is 33.3 Å². The highest BCUT2D eigenvalue weighted by Gasteiger charge is 2.30. The van der Waals surface area contributed by atoms with Crippen molar-refractivity contribution in [3.63, 3.8) is 0 Å².